The van der Waals surface area contributed by atoms with E-state index in [1.54, 1.807) is 12.4 Å². The van der Waals surface area contributed by atoms with Gasteiger partial charge in [-0.15, -0.1) is 0 Å². The third kappa shape index (κ3) is 6.36. The molecule has 2 aromatic carbocycles. The van der Waals surface area contributed by atoms with Crippen LogP contribution in [0.5, 0.6) is 0 Å². The summed E-state index contributed by atoms with van der Waals surface area (Å²) in [7, 11) is -0.750. The van der Waals surface area contributed by atoms with Crippen molar-refractivity contribution in [2.45, 2.75) is 0 Å². The van der Waals surface area contributed by atoms with E-state index < -0.39 is 7.69 Å². The highest BCUT2D eigenvalue weighted by Crippen LogP contribution is 2.11. The molecule has 0 saturated carbocycles. The van der Waals surface area contributed by atoms with Gasteiger partial charge >= 0.3 is 7.69 Å². The van der Waals surface area contributed by atoms with Crippen LogP contribution in [-0.4, -0.2) is 22.7 Å². The first kappa shape index (κ1) is 14.9. The van der Waals surface area contributed by atoms with Crippen LogP contribution in [0, 0.1) is 0 Å². The van der Waals surface area contributed by atoms with Crippen molar-refractivity contribution in [2.24, 2.45) is 0 Å². The molecule has 0 aliphatic rings. The Morgan fingerprint density at radius 1 is 0.632 bits per heavy atom. The maximum Gasteiger partial charge on any atom is 0.432 e. The number of rotatable bonds is 0. The third-order valence-corrected chi connectivity index (χ3v) is 2.23. The van der Waals surface area contributed by atoms with Crippen molar-refractivity contribution in [3.05, 3.63) is 79.1 Å². The van der Waals surface area contributed by atoms with Gasteiger partial charge < -0.3 is 10.0 Å². The molecule has 0 aliphatic carbocycles. The van der Waals surface area contributed by atoms with Gasteiger partial charge in [0.05, 0.1) is 0 Å². The van der Waals surface area contributed by atoms with E-state index in [2.05, 4.69) is 53.5 Å². The lowest BCUT2D eigenvalue weighted by Gasteiger charge is -1.92. The van der Waals surface area contributed by atoms with Gasteiger partial charge in [0.25, 0.3) is 0 Å². The minimum absolute atomic E-state index is 0.750. The first-order valence-corrected chi connectivity index (χ1v) is 5.89. The second-order valence-electron chi connectivity index (χ2n) is 3.51. The van der Waals surface area contributed by atoms with E-state index in [9.17, 15) is 0 Å². The largest absolute Gasteiger partial charge is 0.432 e. The summed E-state index contributed by atoms with van der Waals surface area (Å²) in [5.41, 5.74) is 0. The molecule has 4 heteroatoms. The first-order chi connectivity index (χ1) is 9.38. The lowest BCUT2D eigenvalue weighted by atomic mass is 10.1. The summed E-state index contributed by atoms with van der Waals surface area (Å²) in [6.45, 7) is 0. The van der Waals surface area contributed by atoms with Crippen LogP contribution in [0.15, 0.2) is 79.1 Å². The molecule has 0 bridgehead atoms. The van der Waals surface area contributed by atoms with Crippen LogP contribution in [0.3, 0.4) is 0 Å². The number of hydrogen-bond acceptors (Lipinski definition) is 3. The van der Waals surface area contributed by atoms with Crippen molar-refractivity contribution in [2.75, 3.05) is 0 Å². The maximum atomic E-state index is 7.12. The predicted molar refractivity (Wildman–Crippen MR) is 79.8 cm³/mol. The Balaban J connectivity index is 0.000000172. The molecule has 0 amide bonds. The summed E-state index contributed by atoms with van der Waals surface area (Å²) in [5, 5.41) is 16.9. The summed E-state index contributed by atoms with van der Waals surface area (Å²) in [6, 6.07) is 22.4. The van der Waals surface area contributed by atoms with Crippen LogP contribution >= 0.6 is 0 Å². The zero-order chi connectivity index (χ0) is 13.8. The van der Waals surface area contributed by atoms with Gasteiger partial charge in [0.15, 0.2) is 0 Å². The Bertz CT molecular complexity index is 469. The molecular formula is C15H16BNO2. The van der Waals surface area contributed by atoms with E-state index in [0.717, 1.165) is 0 Å². The predicted octanol–water partition coefficient (Wildman–Crippen LogP) is 2.16. The van der Waals surface area contributed by atoms with Crippen molar-refractivity contribution in [3.8, 4) is 0 Å². The van der Waals surface area contributed by atoms with Crippen molar-refractivity contribution in [1.29, 1.82) is 0 Å². The van der Waals surface area contributed by atoms with Crippen LogP contribution in [0.4, 0.5) is 0 Å². The maximum absolute atomic E-state index is 7.12. The number of benzene rings is 2. The van der Waals surface area contributed by atoms with Gasteiger partial charge in [-0.05, 0) is 22.9 Å². The summed E-state index contributed by atoms with van der Waals surface area (Å²) in [5.74, 6) is 0. The van der Waals surface area contributed by atoms with Crippen molar-refractivity contribution >= 4 is 18.5 Å². The normalized spacial score (nSPS) is 8.53. The van der Waals surface area contributed by atoms with Gasteiger partial charge in [-0.25, -0.2) is 0 Å². The molecule has 1 aromatic heterocycles. The van der Waals surface area contributed by atoms with Crippen molar-refractivity contribution < 1.29 is 10.0 Å². The summed E-state index contributed by atoms with van der Waals surface area (Å²) in [4.78, 5) is 3.78. The Kier molecular flexibility index (Phi) is 7.70. The molecule has 0 unspecified atom stereocenters. The number of nitrogens with zero attached hydrogens (tertiary/aromatic N) is 1. The minimum Gasteiger partial charge on any atom is -0.430 e. The molecule has 2 N–H and O–H groups in total. The van der Waals surface area contributed by atoms with Crippen molar-refractivity contribution in [1.82, 2.24) is 4.98 Å². The number of aromatic nitrogens is 1. The van der Waals surface area contributed by atoms with E-state index >= 15 is 0 Å². The van der Waals surface area contributed by atoms with Crippen LogP contribution in [0.2, 0.25) is 0 Å². The molecule has 0 spiro atoms. The molecule has 0 fully saturated rings. The van der Waals surface area contributed by atoms with E-state index in [0.29, 0.717) is 0 Å². The molecule has 3 rings (SSSR count). The van der Waals surface area contributed by atoms with E-state index in [1.165, 1.54) is 10.8 Å². The van der Waals surface area contributed by atoms with Crippen LogP contribution in [0.1, 0.15) is 0 Å². The summed E-state index contributed by atoms with van der Waals surface area (Å²) < 4.78 is 0. The number of fused-ring (bicyclic) bond motifs is 1. The standard InChI is InChI=1S/C10H8.C5H5N.BH3O2/c1-2-6-10-8-4-3-7-9(10)5-1;1-2-4-6-5-3-1;2-1-3/h1-8H;1-5H;1-3H. The van der Waals surface area contributed by atoms with Gasteiger partial charge in [0.2, 0.25) is 0 Å². The molecule has 3 aromatic rings. The van der Waals surface area contributed by atoms with E-state index in [-0.39, 0.29) is 0 Å². The smallest absolute Gasteiger partial charge is 0.430 e. The topological polar surface area (TPSA) is 53.4 Å². The fourth-order valence-electron chi connectivity index (χ4n) is 1.45. The number of pyridine rings is 1. The van der Waals surface area contributed by atoms with E-state index in [1.807, 2.05) is 18.2 Å². The molecule has 0 radical (unpaired) electrons. The van der Waals surface area contributed by atoms with Crippen molar-refractivity contribution in [3.63, 3.8) is 0 Å². The number of hydrogen-bond donors (Lipinski definition) is 2. The lowest BCUT2D eigenvalue weighted by Crippen LogP contribution is -1.75. The summed E-state index contributed by atoms with van der Waals surface area (Å²) >= 11 is 0. The Labute approximate surface area is 113 Å². The fraction of sp³-hybridized carbons (Fsp3) is 0. The summed E-state index contributed by atoms with van der Waals surface area (Å²) in [6.07, 6.45) is 3.50. The lowest BCUT2D eigenvalue weighted by molar-refractivity contribution is 0.448. The van der Waals surface area contributed by atoms with Crippen LogP contribution < -0.4 is 0 Å². The van der Waals surface area contributed by atoms with Crippen LogP contribution in [0.25, 0.3) is 10.8 Å². The molecule has 1 heterocycles. The molecule has 96 valence electrons. The first-order valence-electron chi connectivity index (χ1n) is 5.89. The zero-order valence-electron chi connectivity index (χ0n) is 10.6. The molecule has 19 heavy (non-hydrogen) atoms. The van der Waals surface area contributed by atoms with Gasteiger partial charge in [-0.2, -0.15) is 0 Å². The SMILES string of the molecule is OBO.c1ccc2ccccc2c1.c1ccncc1. The third-order valence-electron chi connectivity index (χ3n) is 2.23. The van der Waals surface area contributed by atoms with Gasteiger partial charge in [-0.1, -0.05) is 54.6 Å². The molecule has 3 nitrogen and oxygen atoms in total. The monoisotopic (exact) mass is 253 g/mol. The average molecular weight is 253 g/mol. The molecule has 0 atom stereocenters. The molecular weight excluding hydrogens is 237 g/mol. The Morgan fingerprint density at radius 3 is 1.21 bits per heavy atom. The minimum atomic E-state index is -0.750. The molecule has 0 aliphatic heterocycles. The Morgan fingerprint density at radius 2 is 1.00 bits per heavy atom. The average Bonchev–Trinajstić information content (AvgIpc) is 2.51. The highest BCUT2D eigenvalue weighted by molar-refractivity contribution is 6.13. The van der Waals surface area contributed by atoms with Gasteiger partial charge in [0.1, 0.15) is 0 Å². The second kappa shape index (κ2) is 9.82. The van der Waals surface area contributed by atoms with Gasteiger partial charge in [0, 0.05) is 12.4 Å². The van der Waals surface area contributed by atoms with E-state index in [4.69, 9.17) is 10.0 Å². The second-order valence-corrected chi connectivity index (χ2v) is 3.51. The van der Waals surface area contributed by atoms with Gasteiger partial charge in [-0.3, -0.25) is 4.98 Å². The quantitative estimate of drug-likeness (QED) is 0.603. The zero-order valence-corrected chi connectivity index (χ0v) is 10.6. The highest BCUT2D eigenvalue weighted by atomic mass is 16.4. The Hall–Kier alpha value is -2.17. The van der Waals surface area contributed by atoms with Crippen LogP contribution in [-0.2, 0) is 0 Å². The highest BCUT2D eigenvalue weighted by Gasteiger charge is 1.85. The fourth-order valence-corrected chi connectivity index (χ4v) is 1.45. The molecule has 0 saturated heterocycles.